The molecule has 0 bridgehead atoms. The first-order valence-electron chi connectivity index (χ1n) is 7.04. The Balaban J connectivity index is 1.68. The minimum atomic E-state index is -0.797. The molecule has 1 saturated heterocycles. The van der Waals surface area contributed by atoms with E-state index in [2.05, 4.69) is 0 Å². The third kappa shape index (κ3) is 4.20. The number of carboxylic acid groups (broad SMARTS) is 1. The normalized spacial score (nSPS) is 19.0. The second kappa shape index (κ2) is 6.59. The quantitative estimate of drug-likeness (QED) is 0.556. The molecule has 1 N–H and O–H groups in total. The van der Waals surface area contributed by atoms with E-state index in [9.17, 15) is 9.59 Å². The van der Waals surface area contributed by atoms with Gasteiger partial charge in [-0.25, -0.2) is 0 Å². The van der Waals surface area contributed by atoms with Crippen molar-refractivity contribution >= 4 is 11.9 Å². The Labute approximate surface area is 121 Å². The zero-order valence-electron chi connectivity index (χ0n) is 12.2. The molecular formula is C12H21N3O6. The number of hydrogen-bond donors (Lipinski definition) is 1. The summed E-state index contributed by atoms with van der Waals surface area (Å²) >= 11 is 0. The maximum Gasteiger partial charge on any atom is 0.308 e. The Morgan fingerprint density at radius 3 is 2.81 bits per heavy atom. The third-order valence-corrected chi connectivity index (χ3v) is 3.25. The number of nitrogens with zero attached hydrogens (tertiary/aromatic N) is 3. The molecule has 0 aliphatic carbocycles. The second-order valence-corrected chi connectivity index (χ2v) is 5.32. The average Bonchev–Trinajstić information content (AvgIpc) is 3.23. The minimum Gasteiger partial charge on any atom is -0.481 e. The highest BCUT2D eigenvalue weighted by atomic mass is 17.0. The molecule has 1 aliphatic heterocycles. The van der Waals surface area contributed by atoms with Crippen LogP contribution in [-0.2, 0) is 14.3 Å². The molecule has 0 amide bonds. The van der Waals surface area contributed by atoms with Crippen molar-refractivity contribution in [3.8, 4) is 0 Å². The van der Waals surface area contributed by atoms with E-state index in [0.717, 1.165) is 11.4 Å². The van der Waals surface area contributed by atoms with Crippen molar-refractivity contribution in [3.05, 3.63) is 0 Å². The van der Waals surface area contributed by atoms with Gasteiger partial charge in [-0.1, -0.05) is 13.8 Å². The molecule has 2 rings (SSSR count). The summed E-state index contributed by atoms with van der Waals surface area (Å²) in [7, 11) is 0. The number of rotatable bonds is 7. The first-order chi connectivity index (χ1) is 9.99. The smallest absolute Gasteiger partial charge is 0.308 e. The average molecular weight is 303 g/mol. The first-order valence-corrected chi connectivity index (χ1v) is 7.04. The number of aromatic nitrogens is 2. The standard InChI is InChI=1S/C12H21N3O6/c1-9(2)12(18)19-6-7-20-15-14(21-15)13-5-3-4-10(8-13)11(16)17/h9-10H,3-8H2,1-2H3,(H,16,17). The number of carbonyl (C=O) groups excluding carboxylic acids is 1. The van der Waals surface area contributed by atoms with E-state index in [4.69, 9.17) is 19.3 Å². The largest absolute Gasteiger partial charge is 0.481 e. The molecule has 120 valence electrons. The third-order valence-electron chi connectivity index (χ3n) is 3.25. The highest BCUT2D eigenvalue weighted by molar-refractivity contribution is 5.71. The lowest BCUT2D eigenvalue weighted by Crippen LogP contribution is -2.44. The van der Waals surface area contributed by atoms with E-state index in [1.165, 1.54) is 4.96 Å². The molecule has 1 atom stereocenters. The number of carboxylic acids is 1. The van der Waals surface area contributed by atoms with Crippen molar-refractivity contribution in [1.29, 1.82) is 0 Å². The molecule has 1 fully saturated rings. The highest BCUT2D eigenvalue weighted by Crippen LogP contribution is 2.16. The Bertz CT molecular complexity index is 474. The van der Waals surface area contributed by atoms with Crippen LogP contribution in [0.3, 0.4) is 0 Å². The highest BCUT2D eigenvalue weighted by Gasteiger charge is 2.30. The van der Waals surface area contributed by atoms with Crippen LogP contribution in [0.2, 0.25) is 0 Å². The fourth-order valence-electron chi connectivity index (χ4n) is 2.01. The van der Waals surface area contributed by atoms with Crippen molar-refractivity contribution in [2.45, 2.75) is 26.7 Å². The molecule has 0 aromatic carbocycles. The zero-order chi connectivity index (χ0) is 15.4. The summed E-state index contributed by atoms with van der Waals surface area (Å²) in [6.07, 6.45) is 1.46. The van der Waals surface area contributed by atoms with Gasteiger partial charge in [0.15, 0.2) is 6.61 Å². The minimum absolute atomic E-state index is 0.141. The van der Waals surface area contributed by atoms with Crippen molar-refractivity contribution in [2.75, 3.05) is 31.3 Å². The summed E-state index contributed by atoms with van der Waals surface area (Å²) in [5.74, 6) is -1.63. The number of carbonyl (C=O) groups is 2. The van der Waals surface area contributed by atoms with Crippen LogP contribution >= 0.6 is 0 Å². The maximum atomic E-state index is 11.2. The van der Waals surface area contributed by atoms with Crippen LogP contribution in [0.5, 0.6) is 0 Å². The van der Waals surface area contributed by atoms with Gasteiger partial charge in [-0.05, 0) is 12.8 Å². The molecule has 9 nitrogen and oxygen atoms in total. The van der Waals surface area contributed by atoms with E-state index in [1.54, 1.807) is 18.9 Å². The van der Waals surface area contributed by atoms with E-state index in [1.807, 2.05) is 0 Å². The van der Waals surface area contributed by atoms with Gasteiger partial charge in [0.1, 0.15) is 11.6 Å². The summed E-state index contributed by atoms with van der Waals surface area (Å²) in [6.45, 7) is 4.93. The number of ether oxygens (including phenoxy) is 1. The van der Waals surface area contributed by atoms with Crippen LogP contribution in [0, 0.1) is 11.8 Å². The Hall–Kier alpha value is -2.06. The Morgan fingerprint density at radius 1 is 1.38 bits per heavy atom. The van der Waals surface area contributed by atoms with Gasteiger partial charge in [0.05, 0.1) is 18.4 Å². The molecular weight excluding hydrogens is 282 g/mol. The number of hydrogen-bond acceptors (Lipinski definition) is 6. The lowest BCUT2D eigenvalue weighted by Gasteiger charge is -2.26. The molecule has 1 unspecified atom stereocenters. The first kappa shape index (κ1) is 15.3. The molecule has 0 spiro atoms. The van der Waals surface area contributed by atoms with Crippen LogP contribution in [0.25, 0.3) is 0 Å². The predicted octanol–water partition coefficient (Wildman–Crippen LogP) is -0.0570. The molecule has 1 aromatic heterocycles. The van der Waals surface area contributed by atoms with Gasteiger partial charge in [-0.15, -0.1) is 0 Å². The monoisotopic (exact) mass is 303 g/mol. The van der Waals surface area contributed by atoms with Crippen LogP contribution in [-0.4, -0.2) is 53.3 Å². The van der Waals surface area contributed by atoms with Crippen molar-refractivity contribution in [3.63, 3.8) is 0 Å². The SMILES string of the molecule is CC(C)C(=O)OCCOn1on1N1CCCC(C(=O)O)C1. The fraction of sp³-hybridized carbons (Fsp3) is 0.833. The van der Waals surface area contributed by atoms with E-state index < -0.39 is 11.9 Å². The van der Waals surface area contributed by atoms with Gasteiger partial charge in [-0.3, -0.25) is 14.6 Å². The van der Waals surface area contributed by atoms with Gasteiger partial charge in [-0.2, -0.15) is 4.63 Å². The van der Waals surface area contributed by atoms with Gasteiger partial charge in [0.25, 0.3) is 0 Å². The molecule has 1 aromatic rings. The molecule has 2 heterocycles. The van der Waals surface area contributed by atoms with Crippen LogP contribution < -0.4 is 9.85 Å². The van der Waals surface area contributed by atoms with Gasteiger partial charge in [0.2, 0.25) is 0 Å². The van der Waals surface area contributed by atoms with Gasteiger partial charge in [0, 0.05) is 11.5 Å². The lowest BCUT2D eigenvalue weighted by molar-refractivity contribution is -0.149. The van der Waals surface area contributed by atoms with Gasteiger partial charge >= 0.3 is 11.9 Å². The topological polar surface area (TPSA) is 99.1 Å². The zero-order valence-corrected chi connectivity index (χ0v) is 12.2. The van der Waals surface area contributed by atoms with E-state index in [-0.39, 0.29) is 25.1 Å². The van der Waals surface area contributed by atoms with E-state index in [0.29, 0.717) is 19.5 Å². The second-order valence-electron chi connectivity index (χ2n) is 5.32. The summed E-state index contributed by atoms with van der Waals surface area (Å²) in [4.78, 5) is 28.8. The number of aliphatic carboxylic acids is 1. The van der Waals surface area contributed by atoms with E-state index >= 15 is 0 Å². The molecule has 1 aliphatic rings. The van der Waals surface area contributed by atoms with Crippen molar-refractivity contribution < 1.29 is 28.9 Å². The van der Waals surface area contributed by atoms with Crippen LogP contribution in [0.1, 0.15) is 26.7 Å². The van der Waals surface area contributed by atoms with Gasteiger partial charge < -0.3 is 14.7 Å². The summed E-state index contributed by atoms with van der Waals surface area (Å²) in [5.41, 5.74) is 0. The number of esters is 1. The number of piperidine rings is 1. The Kier molecular flexibility index (Phi) is 4.81. The van der Waals surface area contributed by atoms with Crippen molar-refractivity contribution in [1.82, 2.24) is 9.98 Å². The summed E-state index contributed by atoms with van der Waals surface area (Å²) < 4.78 is 10.0. The lowest BCUT2D eigenvalue weighted by atomic mass is 10.00. The fourth-order valence-corrected chi connectivity index (χ4v) is 2.01. The molecule has 0 saturated carbocycles. The van der Waals surface area contributed by atoms with Crippen LogP contribution in [0.15, 0.2) is 4.63 Å². The molecule has 0 radical (unpaired) electrons. The summed E-state index contributed by atoms with van der Waals surface area (Å²) in [5, 5.41) is 11.9. The Morgan fingerprint density at radius 2 is 2.14 bits per heavy atom. The summed E-state index contributed by atoms with van der Waals surface area (Å²) in [6, 6.07) is 0. The molecule has 21 heavy (non-hydrogen) atoms. The predicted molar refractivity (Wildman–Crippen MR) is 70.2 cm³/mol. The maximum absolute atomic E-state index is 11.2. The van der Waals surface area contributed by atoms with Crippen LogP contribution in [0.4, 0.5) is 0 Å². The molecule has 9 heteroatoms. The van der Waals surface area contributed by atoms with Crippen molar-refractivity contribution in [2.24, 2.45) is 11.8 Å².